The van der Waals surface area contributed by atoms with Crippen molar-refractivity contribution in [1.29, 1.82) is 0 Å². The lowest BCUT2D eigenvalue weighted by atomic mass is 10.4. The van der Waals surface area contributed by atoms with Crippen LogP contribution in [0.5, 0.6) is 0 Å². The highest BCUT2D eigenvalue weighted by Crippen LogP contribution is 2.20. The number of aryl methyl sites for hydroxylation is 1. The second-order valence-electron chi connectivity index (χ2n) is 2.50. The Kier molecular flexibility index (Phi) is 1.86. The zero-order valence-corrected chi connectivity index (χ0v) is 7.51. The summed E-state index contributed by atoms with van der Waals surface area (Å²) < 4.78 is 1.73. The van der Waals surface area contributed by atoms with Gasteiger partial charge in [0.05, 0.1) is 5.71 Å². The van der Waals surface area contributed by atoms with Crippen molar-refractivity contribution in [3.63, 3.8) is 0 Å². The fourth-order valence-electron chi connectivity index (χ4n) is 0.961. The van der Waals surface area contributed by atoms with Gasteiger partial charge in [-0.3, -0.25) is 0 Å². The molecule has 2 heterocycles. The van der Waals surface area contributed by atoms with Crippen molar-refractivity contribution in [3.8, 4) is 0 Å². The van der Waals surface area contributed by atoms with E-state index in [1.54, 1.807) is 16.4 Å². The minimum Gasteiger partial charge on any atom is -0.325 e. The van der Waals surface area contributed by atoms with Gasteiger partial charge in [-0.05, 0) is 6.92 Å². The molecule has 0 aliphatic carbocycles. The van der Waals surface area contributed by atoms with Crippen LogP contribution in [0.3, 0.4) is 0 Å². The van der Waals surface area contributed by atoms with Gasteiger partial charge in [0, 0.05) is 12.3 Å². The third-order valence-electron chi connectivity index (χ3n) is 1.61. The van der Waals surface area contributed by atoms with E-state index < -0.39 is 0 Å². The van der Waals surface area contributed by atoms with Gasteiger partial charge in [-0.25, -0.2) is 0 Å². The van der Waals surface area contributed by atoms with E-state index in [0.29, 0.717) is 6.54 Å². The third kappa shape index (κ3) is 1.12. The van der Waals surface area contributed by atoms with E-state index in [2.05, 4.69) is 15.3 Å². The molecule has 0 saturated carbocycles. The van der Waals surface area contributed by atoms with Gasteiger partial charge in [-0.1, -0.05) is 11.8 Å². The molecule has 0 atom stereocenters. The highest BCUT2D eigenvalue weighted by Gasteiger charge is 2.15. The van der Waals surface area contributed by atoms with Crippen LogP contribution in [0, 0.1) is 6.92 Å². The van der Waals surface area contributed by atoms with Crippen molar-refractivity contribution in [2.45, 2.75) is 12.1 Å². The van der Waals surface area contributed by atoms with Crippen molar-refractivity contribution in [2.75, 3.05) is 12.3 Å². The molecule has 1 aromatic heterocycles. The molecule has 0 saturated heterocycles. The second kappa shape index (κ2) is 2.87. The molecule has 0 amide bonds. The van der Waals surface area contributed by atoms with Gasteiger partial charge in [-0.15, -0.1) is 10.2 Å². The van der Waals surface area contributed by atoms with Gasteiger partial charge >= 0.3 is 0 Å². The number of hydrogen-bond acceptors (Lipinski definition) is 5. The van der Waals surface area contributed by atoms with Crippen LogP contribution in [0.25, 0.3) is 0 Å². The molecule has 2 rings (SSSR count). The minimum atomic E-state index is 0.504. The average Bonchev–Trinajstić information content (AvgIpc) is 2.47. The summed E-state index contributed by atoms with van der Waals surface area (Å²) in [5, 5.41) is 13.0. The van der Waals surface area contributed by atoms with Crippen LogP contribution in [0.4, 0.5) is 0 Å². The normalized spacial score (nSPS) is 15.7. The number of hydrogen-bond donors (Lipinski definition) is 1. The SMILES string of the molecule is Cc1nnc2n1N=C(CN)CS2. The average molecular weight is 183 g/mol. The molecule has 0 radical (unpaired) electrons. The molecule has 12 heavy (non-hydrogen) atoms. The molecule has 1 aromatic rings. The smallest absolute Gasteiger partial charge is 0.212 e. The van der Waals surface area contributed by atoms with E-state index >= 15 is 0 Å². The number of nitrogens with two attached hydrogens (primary N) is 1. The van der Waals surface area contributed by atoms with Crippen LogP contribution >= 0.6 is 11.8 Å². The Bertz CT molecular complexity index is 329. The largest absolute Gasteiger partial charge is 0.325 e. The zero-order valence-electron chi connectivity index (χ0n) is 6.69. The van der Waals surface area contributed by atoms with Crippen molar-refractivity contribution in [3.05, 3.63) is 5.82 Å². The molecule has 1 aliphatic rings. The van der Waals surface area contributed by atoms with Gasteiger partial charge in [0.1, 0.15) is 0 Å². The Morgan fingerprint density at radius 2 is 2.42 bits per heavy atom. The summed E-state index contributed by atoms with van der Waals surface area (Å²) in [5.41, 5.74) is 6.46. The molecule has 6 heteroatoms. The minimum absolute atomic E-state index is 0.504. The molecule has 5 nitrogen and oxygen atoms in total. The van der Waals surface area contributed by atoms with Crippen molar-refractivity contribution in [1.82, 2.24) is 14.9 Å². The van der Waals surface area contributed by atoms with Crippen LogP contribution in [0.15, 0.2) is 10.3 Å². The molecule has 0 bridgehead atoms. The predicted octanol–water partition coefficient (Wildman–Crippen LogP) is -0.145. The summed E-state index contributed by atoms with van der Waals surface area (Å²) in [6.07, 6.45) is 0. The first-order chi connectivity index (χ1) is 5.81. The maximum absolute atomic E-state index is 5.48. The van der Waals surface area contributed by atoms with Gasteiger partial charge in [0.2, 0.25) is 5.16 Å². The molecule has 0 fully saturated rings. The topological polar surface area (TPSA) is 69.1 Å². The van der Waals surface area contributed by atoms with E-state index in [1.165, 1.54) is 0 Å². The van der Waals surface area contributed by atoms with E-state index in [-0.39, 0.29) is 0 Å². The van der Waals surface area contributed by atoms with Gasteiger partial charge < -0.3 is 5.73 Å². The molecule has 0 unspecified atom stereocenters. The summed E-state index contributed by atoms with van der Waals surface area (Å²) in [5.74, 6) is 1.64. The first-order valence-corrected chi connectivity index (χ1v) is 4.61. The fourth-order valence-corrected chi connectivity index (χ4v) is 1.83. The number of rotatable bonds is 1. The monoisotopic (exact) mass is 183 g/mol. The maximum Gasteiger partial charge on any atom is 0.212 e. The van der Waals surface area contributed by atoms with E-state index in [0.717, 1.165) is 22.4 Å². The summed E-state index contributed by atoms with van der Waals surface area (Å²) in [7, 11) is 0. The lowest BCUT2D eigenvalue weighted by Gasteiger charge is -2.10. The molecule has 64 valence electrons. The van der Waals surface area contributed by atoms with Gasteiger partial charge in [0.15, 0.2) is 5.82 Å². The van der Waals surface area contributed by atoms with Crippen LogP contribution in [0.1, 0.15) is 5.82 Å². The molecular formula is C6H9N5S. The summed E-state index contributed by atoms with van der Waals surface area (Å²) in [4.78, 5) is 0. The zero-order chi connectivity index (χ0) is 8.55. The van der Waals surface area contributed by atoms with Crippen molar-refractivity contribution in [2.24, 2.45) is 10.8 Å². The Morgan fingerprint density at radius 1 is 1.58 bits per heavy atom. The predicted molar refractivity (Wildman–Crippen MR) is 47.4 cm³/mol. The van der Waals surface area contributed by atoms with Gasteiger partial charge in [0.25, 0.3) is 0 Å². The van der Waals surface area contributed by atoms with Crippen LogP contribution in [0.2, 0.25) is 0 Å². The molecule has 0 spiro atoms. The quantitative estimate of drug-likeness (QED) is 0.657. The lowest BCUT2D eigenvalue weighted by molar-refractivity contribution is 0.731. The van der Waals surface area contributed by atoms with Crippen LogP contribution in [-0.2, 0) is 0 Å². The van der Waals surface area contributed by atoms with E-state index in [1.807, 2.05) is 6.92 Å². The Morgan fingerprint density at radius 3 is 3.17 bits per heavy atom. The lowest BCUT2D eigenvalue weighted by Crippen LogP contribution is -2.21. The molecule has 2 N–H and O–H groups in total. The number of nitrogens with zero attached hydrogens (tertiary/aromatic N) is 4. The van der Waals surface area contributed by atoms with Gasteiger partial charge in [-0.2, -0.15) is 9.78 Å². The number of aromatic nitrogens is 3. The Hall–Kier alpha value is -0.880. The van der Waals surface area contributed by atoms with Crippen molar-refractivity contribution < 1.29 is 0 Å². The second-order valence-corrected chi connectivity index (χ2v) is 3.44. The first kappa shape index (κ1) is 7.75. The molecule has 0 aromatic carbocycles. The fraction of sp³-hybridized carbons (Fsp3) is 0.500. The van der Waals surface area contributed by atoms with E-state index in [9.17, 15) is 0 Å². The summed E-state index contributed by atoms with van der Waals surface area (Å²) >= 11 is 1.62. The van der Waals surface area contributed by atoms with Crippen molar-refractivity contribution >= 4 is 17.5 Å². The van der Waals surface area contributed by atoms with E-state index in [4.69, 9.17) is 5.73 Å². The highest BCUT2D eigenvalue weighted by atomic mass is 32.2. The van der Waals surface area contributed by atoms with Crippen LogP contribution in [-0.4, -0.2) is 32.9 Å². The number of thioether (sulfide) groups is 1. The summed E-state index contributed by atoms with van der Waals surface area (Å²) in [6.45, 7) is 2.38. The standard InChI is InChI=1S/C6H9N5S/c1-4-8-9-6-11(4)10-5(2-7)3-12-6/h2-3,7H2,1H3. The highest BCUT2D eigenvalue weighted by molar-refractivity contribution is 7.99. The Labute approximate surface area is 74.0 Å². The third-order valence-corrected chi connectivity index (χ3v) is 2.60. The maximum atomic E-state index is 5.48. The molecular weight excluding hydrogens is 174 g/mol. The summed E-state index contributed by atoms with van der Waals surface area (Å²) in [6, 6.07) is 0. The Balaban J connectivity index is 2.44. The first-order valence-electron chi connectivity index (χ1n) is 3.63. The number of fused-ring (bicyclic) bond motifs is 1. The molecule has 1 aliphatic heterocycles. The van der Waals surface area contributed by atoms with Crippen LogP contribution < -0.4 is 5.73 Å².